The Bertz CT molecular complexity index is 505. The Hall–Kier alpha value is -0.910. The van der Waals surface area contributed by atoms with E-state index < -0.39 is 10.0 Å². The van der Waals surface area contributed by atoms with E-state index in [1.54, 1.807) is 12.1 Å². The smallest absolute Gasteiger partial charge is 0.243 e. The molecule has 2 fully saturated rings. The number of sulfonamides is 1. The molecule has 5 heteroatoms. The molecule has 0 aromatic heterocycles. The number of hydrogen-bond donors (Lipinski definition) is 0. The number of aryl methyl sites for hydroxylation is 1. The molecule has 3 rings (SSSR count). The molecule has 1 unspecified atom stereocenters. The maximum absolute atomic E-state index is 12.1. The number of hydrogen-bond acceptors (Lipinski definition) is 3. The standard InChI is InChI=1S/C11H13NO3S/c1-8-2-4-9(5-3-8)16(13,14)12-6-10(12)11-7-15-11/h2-5,10-11H,6-7H2,1H3/t10-,11+,12?/m1/s1. The van der Waals surface area contributed by atoms with Crippen LogP contribution < -0.4 is 0 Å². The van der Waals surface area contributed by atoms with Gasteiger partial charge in [-0.25, -0.2) is 8.42 Å². The lowest BCUT2D eigenvalue weighted by atomic mass is 10.2. The van der Waals surface area contributed by atoms with Crippen LogP contribution in [0.1, 0.15) is 5.56 Å². The monoisotopic (exact) mass is 239 g/mol. The van der Waals surface area contributed by atoms with Crippen molar-refractivity contribution in [2.24, 2.45) is 0 Å². The van der Waals surface area contributed by atoms with Gasteiger partial charge in [0, 0.05) is 6.54 Å². The summed E-state index contributed by atoms with van der Waals surface area (Å²) in [6.07, 6.45) is 0.139. The van der Waals surface area contributed by atoms with Gasteiger partial charge in [0.25, 0.3) is 0 Å². The van der Waals surface area contributed by atoms with Crippen molar-refractivity contribution in [3.05, 3.63) is 29.8 Å². The third kappa shape index (κ3) is 1.65. The Morgan fingerprint density at radius 2 is 1.94 bits per heavy atom. The molecule has 2 aliphatic rings. The second-order valence-electron chi connectivity index (χ2n) is 4.33. The Balaban J connectivity index is 1.85. The summed E-state index contributed by atoms with van der Waals surface area (Å²) in [6.45, 7) is 3.24. The molecule has 0 bridgehead atoms. The topological polar surface area (TPSA) is 49.7 Å². The van der Waals surface area contributed by atoms with Gasteiger partial charge in [0.15, 0.2) is 0 Å². The molecule has 0 N–H and O–H groups in total. The minimum absolute atomic E-state index is 0.0753. The highest BCUT2D eigenvalue weighted by atomic mass is 32.2. The van der Waals surface area contributed by atoms with Crippen LogP contribution in [0.25, 0.3) is 0 Å². The van der Waals surface area contributed by atoms with Crippen molar-refractivity contribution in [2.45, 2.75) is 24.0 Å². The van der Waals surface area contributed by atoms with Crippen molar-refractivity contribution in [3.63, 3.8) is 0 Å². The number of nitrogens with zero attached hydrogens (tertiary/aromatic N) is 1. The van der Waals surface area contributed by atoms with E-state index in [1.165, 1.54) is 4.31 Å². The van der Waals surface area contributed by atoms with Crippen LogP contribution in [0.2, 0.25) is 0 Å². The Kier molecular flexibility index (Phi) is 2.11. The lowest BCUT2D eigenvalue weighted by Crippen LogP contribution is -2.17. The first-order valence-electron chi connectivity index (χ1n) is 5.29. The summed E-state index contributed by atoms with van der Waals surface area (Å²) in [7, 11) is -3.28. The van der Waals surface area contributed by atoms with Crippen molar-refractivity contribution in [3.8, 4) is 0 Å². The molecule has 2 aliphatic heterocycles. The zero-order chi connectivity index (χ0) is 11.3. The molecular formula is C11H13NO3S. The molecule has 0 amide bonds. The second kappa shape index (κ2) is 3.29. The van der Waals surface area contributed by atoms with Gasteiger partial charge < -0.3 is 4.74 Å². The average molecular weight is 239 g/mol. The van der Waals surface area contributed by atoms with Gasteiger partial charge in [0.1, 0.15) is 0 Å². The van der Waals surface area contributed by atoms with Gasteiger partial charge >= 0.3 is 0 Å². The number of epoxide rings is 1. The molecule has 4 nitrogen and oxygen atoms in total. The molecule has 86 valence electrons. The average Bonchev–Trinajstić information content (AvgIpc) is 3.10. The molecule has 0 saturated carbocycles. The molecular weight excluding hydrogens is 226 g/mol. The number of benzene rings is 1. The first-order valence-corrected chi connectivity index (χ1v) is 6.73. The predicted molar refractivity (Wildman–Crippen MR) is 58.6 cm³/mol. The molecule has 2 saturated heterocycles. The van der Waals surface area contributed by atoms with Crippen LogP contribution in [-0.2, 0) is 14.8 Å². The summed E-state index contributed by atoms with van der Waals surface area (Å²) in [5.74, 6) is 0. The summed E-state index contributed by atoms with van der Waals surface area (Å²) >= 11 is 0. The number of ether oxygens (including phenoxy) is 1. The first-order chi connectivity index (χ1) is 7.59. The van der Waals surface area contributed by atoms with E-state index in [2.05, 4.69) is 0 Å². The third-order valence-electron chi connectivity index (χ3n) is 3.02. The summed E-state index contributed by atoms with van der Waals surface area (Å²) < 4.78 is 30.9. The summed E-state index contributed by atoms with van der Waals surface area (Å²) in [5, 5.41) is 0. The van der Waals surface area contributed by atoms with Gasteiger partial charge in [-0.1, -0.05) is 17.7 Å². The minimum atomic E-state index is -3.28. The van der Waals surface area contributed by atoms with E-state index in [9.17, 15) is 8.42 Å². The lowest BCUT2D eigenvalue weighted by molar-refractivity contribution is 0.393. The van der Waals surface area contributed by atoms with Crippen molar-refractivity contribution < 1.29 is 13.2 Å². The molecule has 0 radical (unpaired) electrons. The van der Waals surface area contributed by atoms with Crippen LogP contribution in [0.4, 0.5) is 0 Å². The van der Waals surface area contributed by atoms with E-state index in [0.717, 1.165) is 5.56 Å². The fourth-order valence-corrected chi connectivity index (χ4v) is 3.43. The second-order valence-corrected chi connectivity index (χ2v) is 6.22. The molecule has 2 heterocycles. The van der Waals surface area contributed by atoms with Crippen molar-refractivity contribution >= 4 is 10.0 Å². The normalized spacial score (nSPS) is 32.4. The molecule has 1 aromatic rings. The largest absolute Gasteiger partial charge is 0.371 e. The van der Waals surface area contributed by atoms with Gasteiger partial charge in [-0.3, -0.25) is 0 Å². The van der Waals surface area contributed by atoms with Crippen LogP contribution in [0.5, 0.6) is 0 Å². The molecule has 3 atom stereocenters. The summed E-state index contributed by atoms with van der Waals surface area (Å²) in [6, 6.07) is 7.03. The molecule has 16 heavy (non-hydrogen) atoms. The molecule has 0 aliphatic carbocycles. The van der Waals surface area contributed by atoms with Gasteiger partial charge in [0.05, 0.1) is 23.6 Å². The molecule has 1 aromatic carbocycles. The summed E-state index contributed by atoms with van der Waals surface area (Å²) in [4.78, 5) is 0.376. The van der Waals surface area contributed by atoms with E-state index in [0.29, 0.717) is 18.0 Å². The van der Waals surface area contributed by atoms with Gasteiger partial charge in [0.2, 0.25) is 10.0 Å². The van der Waals surface area contributed by atoms with Crippen LogP contribution in [0.3, 0.4) is 0 Å². The van der Waals surface area contributed by atoms with E-state index in [-0.39, 0.29) is 12.1 Å². The summed E-state index contributed by atoms with van der Waals surface area (Å²) in [5.41, 5.74) is 1.06. The predicted octanol–water partition coefficient (Wildman–Crippen LogP) is 0.767. The SMILES string of the molecule is Cc1ccc(S(=O)(=O)N2C[C@@H]2[C@@H]2CO2)cc1. The van der Waals surface area contributed by atoms with Crippen molar-refractivity contribution in [1.29, 1.82) is 0 Å². The van der Waals surface area contributed by atoms with Gasteiger partial charge in [-0.05, 0) is 19.1 Å². The van der Waals surface area contributed by atoms with Crippen LogP contribution >= 0.6 is 0 Å². The minimum Gasteiger partial charge on any atom is -0.371 e. The van der Waals surface area contributed by atoms with Gasteiger partial charge in [-0.15, -0.1) is 0 Å². The lowest BCUT2D eigenvalue weighted by Gasteiger charge is -2.05. The quantitative estimate of drug-likeness (QED) is 0.732. The Morgan fingerprint density at radius 3 is 2.50 bits per heavy atom. The maximum Gasteiger partial charge on any atom is 0.243 e. The van der Waals surface area contributed by atoms with E-state index >= 15 is 0 Å². The van der Waals surface area contributed by atoms with Crippen molar-refractivity contribution in [2.75, 3.05) is 13.2 Å². The Morgan fingerprint density at radius 1 is 1.31 bits per heavy atom. The zero-order valence-electron chi connectivity index (χ0n) is 8.96. The number of rotatable bonds is 3. The highest BCUT2D eigenvalue weighted by Crippen LogP contribution is 2.35. The highest BCUT2D eigenvalue weighted by Gasteiger charge is 2.53. The Labute approximate surface area is 94.9 Å². The highest BCUT2D eigenvalue weighted by molar-refractivity contribution is 7.89. The maximum atomic E-state index is 12.1. The van der Waals surface area contributed by atoms with Crippen LogP contribution in [0, 0.1) is 6.92 Å². The van der Waals surface area contributed by atoms with E-state index in [4.69, 9.17) is 4.74 Å². The van der Waals surface area contributed by atoms with Gasteiger partial charge in [-0.2, -0.15) is 4.31 Å². The third-order valence-corrected chi connectivity index (χ3v) is 4.92. The first kappa shape index (κ1) is 10.3. The fourth-order valence-electron chi connectivity index (χ4n) is 1.84. The zero-order valence-corrected chi connectivity index (χ0v) is 9.78. The van der Waals surface area contributed by atoms with Crippen LogP contribution in [-0.4, -0.2) is 38.0 Å². The van der Waals surface area contributed by atoms with E-state index in [1.807, 2.05) is 19.1 Å². The molecule has 0 spiro atoms. The van der Waals surface area contributed by atoms with Crippen LogP contribution in [0.15, 0.2) is 29.2 Å². The fraction of sp³-hybridized carbons (Fsp3) is 0.455. The van der Waals surface area contributed by atoms with Crippen molar-refractivity contribution in [1.82, 2.24) is 4.31 Å².